The second kappa shape index (κ2) is 7.88. The highest BCUT2D eigenvalue weighted by Gasteiger charge is 2.32. The van der Waals surface area contributed by atoms with Crippen LogP contribution in [0.1, 0.15) is 18.1 Å². The van der Waals surface area contributed by atoms with E-state index in [0.717, 1.165) is 11.1 Å². The zero-order valence-electron chi connectivity index (χ0n) is 13.6. The van der Waals surface area contributed by atoms with Gasteiger partial charge in [0, 0.05) is 19.6 Å². The largest absolute Gasteiger partial charge is 0.292 e. The molecule has 2 aromatic carbocycles. The first-order chi connectivity index (χ1) is 11.2. The van der Waals surface area contributed by atoms with Gasteiger partial charge >= 0.3 is 0 Å². The molecular weight excluding hydrogens is 329 g/mol. The summed E-state index contributed by atoms with van der Waals surface area (Å²) < 4.78 is 45.7. The molecule has 130 valence electrons. The predicted octanol–water partition coefficient (Wildman–Crippen LogP) is 3.30. The van der Waals surface area contributed by atoms with Gasteiger partial charge in [0.2, 0.25) is 0 Å². The van der Waals surface area contributed by atoms with E-state index in [1.165, 1.54) is 6.92 Å². The second-order valence-electron chi connectivity index (χ2n) is 6.26. The summed E-state index contributed by atoms with van der Waals surface area (Å²) in [5.41, 5.74) is -0.0240. The van der Waals surface area contributed by atoms with Crippen LogP contribution in [0.25, 0.3) is 0 Å². The van der Waals surface area contributed by atoms with Crippen LogP contribution >= 0.6 is 0 Å². The molecule has 0 saturated carbocycles. The molecule has 2 rings (SSSR count). The molecule has 0 fully saturated rings. The van der Waals surface area contributed by atoms with Gasteiger partial charge < -0.3 is 0 Å². The Morgan fingerprint density at radius 3 is 1.75 bits per heavy atom. The molecule has 0 aromatic heterocycles. The van der Waals surface area contributed by atoms with Crippen molar-refractivity contribution in [1.29, 1.82) is 0 Å². The number of nitrogens with zero attached hydrogens (tertiary/aromatic N) is 1. The molecule has 0 bridgehead atoms. The second-order valence-corrected chi connectivity index (χ2v) is 7.71. The van der Waals surface area contributed by atoms with Crippen LogP contribution in [0.3, 0.4) is 0 Å². The lowest BCUT2D eigenvalue weighted by Gasteiger charge is -2.29. The fraction of sp³-hybridized carbons (Fsp3) is 0.333. The summed E-state index contributed by atoms with van der Waals surface area (Å²) in [7, 11) is -4.37. The molecule has 0 amide bonds. The first-order valence-electron chi connectivity index (χ1n) is 7.68. The van der Waals surface area contributed by atoms with E-state index in [1.807, 2.05) is 65.6 Å². The number of alkyl halides is 1. The number of rotatable bonds is 8. The van der Waals surface area contributed by atoms with Gasteiger partial charge in [-0.2, -0.15) is 8.42 Å². The van der Waals surface area contributed by atoms with Gasteiger partial charge in [0.15, 0.2) is 0 Å². The third-order valence-electron chi connectivity index (χ3n) is 3.53. The number of halogens is 1. The minimum absolute atomic E-state index is 0.101. The van der Waals surface area contributed by atoms with Crippen LogP contribution in [0.4, 0.5) is 4.39 Å². The quantitative estimate of drug-likeness (QED) is 0.742. The minimum Gasteiger partial charge on any atom is -0.292 e. The van der Waals surface area contributed by atoms with Crippen molar-refractivity contribution in [1.82, 2.24) is 4.90 Å². The highest BCUT2D eigenvalue weighted by Crippen LogP contribution is 2.19. The van der Waals surface area contributed by atoms with E-state index < -0.39 is 21.5 Å². The van der Waals surface area contributed by atoms with Crippen molar-refractivity contribution in [2.75, 3.05) is 12.3 Å². The Balaban J connectivity index is 2.15. The average molecular weight is 351 g/mol. The lowest BCUT2D eigenvalue weighted by atomic mass is 10.1. The van der Waals surface area contributed by atoms with E-state index in [1.54, 1.807) is 0 Å². The third kappa shape index (κ3) is 6.78. The van der Waals surface area contributed by atoms with Crippen molar-refractivity contribution in [3.63, 3.8) is 0 Å². The summed E-state index contributed by atoms with van der Waals surface area (Å²) >= 11 is 0. The standard InChI is InChI=1S/C18H22FNO3S/c1-18(19,15-24(21,22)23)14-20(12-16-8-4-2-5-9-16)13-17-10-6-3-7-11-17/h2-11H,12-15H2,1H3,(H,21,22,23). The van der Waals surface area contributed by atoms with Crippen molar-refractivity contribution < 1.29 is 17.4 Å². The van der Waals surface area contributed by atoms with E-state index in [2.05, 4.69) is 0 Å². The minimum atomic E-state index is -4.37. The van der Waals surface area contributed by atoms with Crippen LogP contribution in [-0.2, 0) is 23.2 Å². The van der Waals surface area contributed by atoms with Gasteiger partial charge in [-0.25, -0.2) is 4.39 Å². The van der Waals surface area contributed by atoms with Crippen molar-refractivity contribution in [3.05, 3.63) is 71.8 Å². The van der Waals surface area contributed by atoms with Gasteiger partial charge in [-0.15, -0.1) is 0 Å². The lowest BCUT2D eigenvalue weighted by molar-refractivity contribution is 0.116. The molecule has 24 heavy (non-hydrogen) atoms. The molecule has 1 N–H and O–H groups in total. The Bertz CT molecular complexity index is 692. The highest BCUT2D eigenvalue weighted by atomic mass is 32.2. The van der Waals surface area contributed by atoms with Crippen LogP contribution in [0.5, 0.6) is 0 Å². The van der Waals surface area contributed by atoms with Gasteiger partial charge in [0.25, 0.3) is 10.1 Å². The zero-order valence-corrected chi connectivity index (χ0v) is 14.4. The summed E-state index contributed by atoms with van der Waals surface area (Å²) in [6, 6.07) is 19.2. The smallest absolute Gasteiger partial charge is 0.268 e. The molecule has 0 saturated heterocycles. The summed E-state index contributed by atoms with van der Waals surface area (Å²) in [6.45, 7) is 2.07. The fourth-order valence-corrected chi connectivity index (χ4v) is 3.60. The summed E-state index contributed by atoms with van der Waals surface area (Å²) in [5.74, 6) is -0.917. The SMILES string of the molecule is CC(F)(CN(Cc1ccccc1)Cc1ccccc1)CS(=O)(=O)O. The van der Waals surface area contributed by atoms with Crippen molar-refractivity contribution in [2.45, 2.75) is 25.7 Å². The normalized spacial score (nSPS) is 14.5. The van der Waals surface area contributed by atoms with Gasteiger partial charge in [0.05, 0.1) is 0 Å². The van der Waals surface area contributed by atoms with E-state index in [9.17, 15) is 12.8 Å². The number of hydrogen-bond acceptors (Lipinski definition) is 3. The molecule has 2 aromatic rings. The number of hydrogen-bond donors (Lipinski definition) is 1. The maximum Gasteiger partial charge on any atom is 0.268 e. The Kier molecular flexibility index (Phi) is 6.10. The molecule has 1 atom stereocenters. The Morgan fingerprint density at radius 1 is 0.958 bits per heavy atom. The Morgan fingerprint density at radius 2 is 1.38 bits per heavy atom. The fourth-order valence-electron chi connectivity index (χ4n) is 2.74. The van der Waals surface area contributed by atoms with E-state index in [0.29, 0.717) is 13.1 Å². The molecular formula is C18H22FNO3S. The van der Waals surface area contributed by atoms with Crippen LogP contribution in [0.2, 0.25) is 0 Å². The molecule has 0 aliphatic carbocycles. The molecule has 0 heterocycles. The molecule has 1 unspecified atom stereocenters. The molecule has 0 aliphatic rings. The summed E-state index contributed by atoms with van der Waals surface area (Å²) in [4.78, 5) is 1.84. The van der Waals surface area contributed by atoms with Crippen LogP contribution in [-0.4, -0.2) is 35.8 Å². The van der Waals surface area contributed by atoms with Gasteiger partial charge in [0.1, 0.15) is 11.4 Å². The van der Waals surface area contributed by atoms with Crippen molar-refractivity contribution in [3.8, 4) is 0 Å². The van der Waals surface area contributed by atoms with Crippen molar-refractivity contribution >= 4 is 10.1 Å². The topological polar surface area (TPSA) is 57.6 Å². The Labute approximate surface area is 142 Å². The lowest BCUT2D eigenvalue weighted by Crippen LogP contribution is -2.41. The molecule has 0 spiro atoms. The van der Waals surface area contributed by atoms with Crippen LogP contribution in [0.15, 0.2) is 60.7 Å². The average Bonchev–Trinajstić information content (AvgIpc) is 2.46. The van der Waals surface area contributed by atoms with Crippen LogP contribution < -0.4 is 0 Å². The molecule has 6 heteroatoms. The molecule has 0 radical (unpaired) electrons. The monoisotopic (exact) mass is 351 g/mol. The van der Waals surface area contributed by atoms with Crippen LogP contribution in [0, 0.1) is 0 Å². The molecule has 0 aliphatic heterocycles. The summed E-state index contributed by atoms with van der Waals surface area (Å²) in [5, 5.41) is 0. The maximum atomic E-state index is 14.7. The van der Waals surface area contributed by atoms with Gasteiger partial charge in [-0.05, 0) is 18.1 Å². The zero-order chi connectivity index (χ0) is 17.6. The first-order valence-corrected chi connectivity index (χ1v) is 9.29. The summed E-state index contributed by atoms with van der Waals surface area (Å²) in [6.07, 6.45) is 0. The maximum absolute atomic E-state index is 14.7. The van der Waals surface area contributed by atoms with Gasteiger partial charge in [-0.3, -0.25) is 9.45 Å². The van der Waals surface area contributed by atoms with Crippen molar-refractivity contribution in [2.24, 2.45) is 0 Å². The molecule has 4 nitrogen and oxygen atoms in total. The Hall–Kier alpha value is -1.76. The first kappa shape index (κ1) is 18.6. The van der Waals surface area contributed by atoms with E-state index in [-0.39, 0.29) is 6.54 Å². The van der Waals surface area contributed by atoms with Gasteiger partial charge in [-0.1, -0.05) is 60.7 Å². The van der Waals surface area contributed by atoms with E-state index in [4.69, 9.17) is 4.55 Å². The predicted molar refractivity (Wildman–Crippen MR) is 92.9 cm³/mol. The third-order valence-corrected chi connectivity index (χ3v) is 4.50. The number of benzene rings is 2. The highest BCUT2D eigenvalue weighted by molar-refractivity contribution is 7.85. The van der Waals surface area contributed by atoms with E-state index >= 15 is 0 Å².